The van der Waals surface area contributed by atoms with Crippen LogP contribution >= 0.6 is 46.4 Å². The summed E-state index contributed by atoms with van der Waals surface area (Å²) in [6, 6.07) is 22.4. The van der Waals surface area contributed by atoms with E-state index >= 15 is 0 Å². The van der Waals surface area contributed by atoms with Gasteiger partial charge in [-0.25, -0.2) is 18.7 Å². The first-order chi connectivity index (χ1) is 25.0. The van der Waals surface area contributed by atoms with Crippen LogP contribution in [0.3, 0.4) is 0 Å². The minimum atomic E-state index is -0.550. The van der Waals surface area contributed by atoms with Gasteiger partial charge in [-0.15, -0.1) is 0 Å². The quantitative estimate of drug-likeness (QED) is 0.130. The smallest absolute Gasteiger partial charge is 0.254 e. The van der Waals surface area contributed by atoms with Crippen molar-refractivity contribution in [2.45, 2.75) is 26.2 Å². The van der Waals surface area contributed by atoms with Crippen LogP contribution in [0.2, 0.25) is 20.1 Å². The maximum absolute atomic E-state index is 14.1. The largest absolute Gasteiger partial charge is 0.330 e. The molecule has 0 N–H and O–H groups in total. The number of rotatable bonds is 11. The zero-order valence-corrected chi connectivity index (χ0v) is 30.0. The molecule has 2 aromatic heterocycles. The minimum absolute atomic E-state index is 0.00341. The Bertz CT molecular complexity index is 2250. The SMILES string of the molecule is O=C(c1cccc(F)c1)N(Cc1ccc(-c2c(Cl)ccc(CN(Cc3cncnc3)C(=O)c3cccc(F)c3)c2Cl)nn1)Cc1ccc(Cl)cc1Cl. The minimum Gasteiger partial charge on any atom is -0.330 e. The van der Waals surface area contributed by atoms with Gasteiger partial charge >= 0.3 is 0 Å². The zero-order valence-electron chi connectivity index (χ0n) is 27.0. The molecule has 0 saturated heterocycles. The average Bonchev–Trinajstić information content (AvgIpc) is 3.13. The van der Waals surface area contributed by atoms with E-state index in [0.29, 0.717) is 43.7 Å². The highest BCUT2D eigenvalue weighted by molar-refractivity contribution is 6.39. The van der Waals surface area contributed by atoms with Gasteiger partial charge in [0.05, 0.1) is 28.0 Å². The molecule has 0 aliphatic heterocycles. The average molecular weight is 778 g/mol. The summed E-state index contributed by atoms with van der Waals surface area (Å²) in [5, 5.41) is 10.1. The molecule has 0 aliphatic rings. The summed E-state index contributed by atoms with van der Waals surface area (Å²) in [5.74, 6) is -1.98. The molecule has 2 heterocycles. The van der Waals surface area contributed by atoms with Gasteiger partial charge < -0.3 is 9.80 Å². The first kappa shape index (κ1) is 36.8. The lowest BCUT2D eigenvalue weighted by atomic mass is 10.1. The molecule has 8 nitrogen and oxygen atoms in total. The third kappa shape index (κ3) is 8.89. The standard InChI is InChI=1S/C38H26Cl4F2N6O2/c39-28-9-7-26(33(41)15-28)19-50(38(52)25-4-2-6-30(44)14-25)21-31-10-12-34(48-47-31)35-32(40)11-8-27(36(35)42)20-49(18-23-16-45-22-46-17-23)37(51)24-3-1-5-29(43)13-24/h1-17,22H,18-21H2. The van der Waals surface area contributed by atoms with Crippen LogP contribution in [0.25, 0.3) is 11.3 Å². The second-order valence-electron chi connectivity index (χ2n) is 11.6. The van der Waals surface area contributed by atoms with Crippen LogP contribution in [0.4, 0.5) is 8.78 Å². The topological polar surface area (TPSA) is 92.2 Å². The Labute approximate surface area is 317 Å². The maximum Gasteiger partial charge on any atom is 0.254 e. The highest BCUT2D eigenvalue weighted by atomic mass is 35.5. The van der Waals surface area contributed by atoms with Crippen molar-refractivity contribution in [1.29, 1.82) is 0 Å². The monoisotopic (exact) mass is 776 g/mol. The normalized spacial score (nSPS) is 11.0. The van der Waals surface area contributed by atoms with Crippen molar-refractivity contribution in [3.05, 3.63) is 175 Å². The molecule has 52 heavy (non-hydrogen) atoms. The van der Waals surface area contributed by atoms with Crippen molar-refractivity contribution < 1.29 is 18.4 Å². The number of aromatic nitrogens is 4. The number of carbonyl (C=O) groups excluding carboxylic acids is 2. The summed E-state index contributed by atoms with van der Waals surface area (Å²) >= 11 is 26.1. The van der Waals surface area contributed by atoms with Crippen LogP contribution in [0.1, 0.15) is 43.1 Å². The van der Waals surface area contributed by atoms with Gasteiger partial charge in [0.25, 0.3) is 11.8 Å². The maximum atomic E-state index is 14.1. The van der Waals surface area contributed by atoms with Crippen LogP contribution in [0.15, 0.2) is 110 Å². The Morgan fingerprint density at radius 2 is 1.23 bits per heavy atom. The predicted molar refractivity (Wildman–Crippen MR) is 196 cm³/mol. The Morgan fingerprint density at radius 3 is 1.83 bits per heavy atom. The molecule has 0 aliphatic carbocycles. The van der Waals surface area contributed by atoms with E-state index in [9.17, 15) is 18.4 Å². The van der Waals surface area contributed by atoms with E-state index in [1.54, 1.807) is 54.9 Å². The van der Waals surface area contributed by atoms with Crippen molar-refractivity contribution in [2.24, 2.45) is 0 Å². The third-order valence-electron chi connectivity index (χ3n) is 7.94. The molecule has 6 rings (SSSR count). The fraction of sp³-hybridized carbons (Fsp3) is 0.105. The molecule has 0 fully saturated rings. The summed E-state index contributed by atoms with van der Waals surface area (Å²) in [6.07, 6.45) is 4.55. The molecule has 14 heteroatoms. The van der Waals surface area contributed by atoms with Crippen LogP contribution in [-0.2, 0) is 26.2 Å². The molecular weight excluding hydrogens is 752 g/mol. The number of hydrogen-bond donors (Lipinski definition) is 0. The molecule has 6 aromatic rings. The molecule has 0 radical (unpaired) electrons. The van der Waals surface area contributed by atoms with Gasteiger partial charge in [0.1, 0.15) is 18.0 Å². The van der Waals surface area contributed by atoms with Crippen LogP contribution in [0.5, 0.6) is 0 Å². The number of carbonyl (C=O) groups is 2. The molecule has 0 spiro atoms. The lowest BCUT2D eigenvalue weighted by Gasteiger charge is -2.24. The van der Waals surface area contributed by atoms with Crippen molar-refractivity contribution in [1.82, 2.24) is 30.0 Å². The van der Waals surface area contributed by atoms with E-state index in [4.69, 9.17) is 46.4 Å². The molecule has 0 atom stereocenters. The Hall–Kier alpha value is -5.00. The second-order valence-corrected chi connectivity index (χ2v) is 13.3. The Balaban J connectivity index is 1.28. The zero-order chi connectivity index (χ0) is 36.8. The molecule has 0 bridgehead atoms. The fourth-order valence-electron chi connectivity index (χ4n) is 5.43. The molecule has 262 valence electrons. The number of benzene rings is 4. The Kier molecular flexibility index (Phi) is 11.7. The van der Waals surface area contributed by atoms with E-state index in [2.05, 4.69) is 20.2 Å². The van der Waals surface area contributed by atoms with Crippen LogP contribution < -0.4 is 0 Å². The van der Waals surface area contributed by atoms with Gasteiger partial charge in [0.15, 0.2) is 0 Å². The molecule has 2 amide bonds. The van der Waals surface area contributed by atoms with Gasteiger partial charge in [-0.3, -0.25) is 9.59 Å². The first-order valence-electron chi connectivity index (χ1n) is 15.6. The van der Waals surface area contributed by atoms with E-state index in [1.165, 1.54) is 58.6 Å². The molecule has 0 unspecified atom stereocenters. The van der Waals surface area contributed by atoms with Crippen LogP contribution in [0, 0.1) is 11.6 Å². The predicted octanol–water partition coefficient (Wildman–Crippen LogP) is 9.51. The van der Waals surface area contributed by atoms with E-state index in [1.807, 2.05) is 0 Å². The van der Waals surface area contributed by atoms with Gasteiger partial charge in [0.2, 0.25) is 0 Å². The first-order valence-corrected chi connectivity index (χ1v) is 17.1. The van der Waals surface area contributed by atoms with Crippen molar-refractivity contribution in [3.8, 4) is 11.3 Å². The number of halogens is 6. The summed E-state index contributed by atoms with van der Waals surface area (Å²) in [5.41, 5.74) is 3.26. The van der Waals surface area contributed by atoms with E-state index in [0.717, 1.165) is 6.07 Å². The highest BCUT2D eigenvalue weighted by Crippen LogP contribution is 2.37. The summed E-state index contributed by atoms with van der Waals surface area (Å²) in [7, 11) is 0. The molecule has 4 aromatic carbocycles. The number of nitrogens with zero attached hydrogens (tertiary/aromatic N) is 6. The van der Waals surface area contributed by atoms with Gasteiger partial charge in [-0.05, 0) is 77.9 Å². The third-order valence-corrected chi connectivity index (χ3v) is 9.28. The lowest BCUT2D eigenvalue weighted by molar-refractivity contribution is 0.0721. The van der Waals surface area contributed by atoms with Crippen molar-refractivity contribution >= 4 is 58.2 Å². The van der Waals surface area contributed by atoms with E-state index < -0.39 is 23.4 Å². The van der Waals surface area contributed by atoms with Gasteiger partial charge in [0, 0.05) is 64.3 Å². The second kappa shape index (κ2) is 16.6. The fourth-order valence-corrected chi connectivity index (χ4v) is 6.52. The highest BCUT2D eigenvalue weighted by Gasteiger charge is 2.23. The summed E-state index contributed by atoms with van der Waals surface area (Å²) in [4.78, 5) is 38.3. The van der Waals surface area contributed by atoms with Gasteiger partial charge in [-0.1, -0.05) is 70.7 Å². The van der Waals surface area contributed by atoms with Gasteiger partial charge in [-0.2, -0.15) is 10.2 Å². The molecular formula is C38H26Cl4F2N6O2. The Morgan fingerprint density at radius 1 is 0.615 bits per heavy atom. The summed E-state index contributed by atoms with van der Waals surface area (Å²) in [6.45, 7) is 0.228. The summed E-state index contributed by atoms with van der Waals surface area (Å²) < 4.78 is 28.1. The van der Waals surface area contributed by atoms with Crippen LogP contribution in [-0.4, -0.2) is 41.8 Å². The van der Waals surface area contributed by atoms with Crippen molar-refractivity contribution in [2.75, 3.05) is 0 Å². The number of amides is 2. The molecule has 0 saturated carbocycles. The van der Waals surface area contributed by atoms with Crippen molar-refractivity contribution in [3.63, 3.8) is 0 Å². The number of hydrogen-bond acceptors (Lipinski definition) is 6. The lowest BCUT2D eigenvalue weighted by Crippen LogP contribution is -2.31. The van der Waals surface area contributed by atoms with E-state index in [-0.39, 0.29) is 47.4 Å².